The fourth-order valence-electron chi connectivity index (χ4n) is 3.89. The number of aryl methyl sites for hydroxylation is 2. The van der Waals surface area contributed by atoms with Gasteiger partial charge in [0.15, 0.2) is 11.5 Å². The molecule has 1 aromatic carbocycles. The monoisotopic (exact) mass is 422 g/mol. The molecule has 0 radical (unpaired) electrons. The molecule has 162 valence electrons. The summed E-state index contributed by atoms with van der Waals surface area (Å²) >= 11 is 0. The molecular weight excluding hydrogens is 396 g/mol. The fraction of sp³-hybridized carbons (Fsp3) is 0.391. The third-order valence-corrected chi connectivity index (χ3v) is 5.37. The summed E-state index contributed by atoms with van der Waals surface area (Å²) in [5.74, 6) is 1.34. The second kappa shape index (κ2) is 8.75. The van der Waals surface area contributed by atoms with E-state index < -0.39 is 5.97 Å². The second-order valence-electron chi connectivity index (χ2n) is 7.56. The number of furan rings is 1. The average Bonchev–Trinajstić information content (AvgIpc) is 2.95. The average molecular weight is 422 g/mol. The van der Waals surface area contributed by atoms with Crippen LogP contribution in [-0.4, -0.2) is 59.5 Å². The van der Waals surface area contributed by atoms with E-state index in [0.29, 0.717) is 54.4 Å². The molecule has 8 heteroatoms. The van der Waals surface area contributed by atoms with Crippen molar-refractivity contribution in [2.45, 2.75) is 27.2 Å². The molecule has 1 saturated heterocycles. The lowest BCUT2D eigenvalue weighted by Crippen LogP contribution is -2.36. The Morgan fingerprint density at radius 3 is 2.48 bits per heavy atom. The first-order valence-electron chi connectivity index (χ1n) is 10.5. The van der Waals surface area contributed by atoms with E-state index in [1.165, 1.54) is 0 Å². The Labute approximate surface area is 180 Å². The number of ether oxygens (including phenoxy) is 1. The van der Waals surface area contributed by atoms with E-state index >= 15 is 0 Å². The van der Waals surface area contributed by atoms with Crippen molar-refractivity contribution < 1.29 is 18.7 Å². The molecule has 2 aromatic heterocycles. The van der Waals surface area contributed by atoms with Crippen LogP contribution in [0.15, 0.2) is 34.7 Å². The number of esters is 1. The maximum Gasteiger partial charge on any atom is 0.360 e. The maximum absolute atomic E-state index is 13.0. The molecule has 0 spiro atoms. The van der Waals surface area contributed by atoms with Crippen LogP contribution in [0.3, 0.4) is 0 Å². The molecule has 0 saturated carbocycles. The predicted octanol–water partition coefficient (Wildman–Crippen LogP) is 3.37. The zero-order valence-corrected chi connectivity index (χ0v) is 18.1. The van der Waals surface area contributed by atoms with E-state index in [9.17, 15) is 9.59 Å². The van der Waals surface area contributed by atoms with Crippen LogP contribution in [0.25, 0.3) is 11.0 Å². The van der Waals surface area contributed by atoms with Crippen LogP contribution in [0.4, 0.5) is 5.82 Å². The summed E-state index contributed by atoms with van der Waals surface area (Å²) in [5, 5.41) is 0. The number of amides is 1. The van der Waals surface area contributed by atoms with Gasteiger partial charge in [0.25, 0.3) is 5.91 Å². The molecule has 3 aromatic rings. The first-order valence-corrected chi connectivity index (χ1v) is 10.5. The molecule has 1 fully saturated rings. The van der Waals surface area contributed by atoms with Crippen molar-refractivity contribution in [2.75, 3.05) is 37.7 Å². The highest BCUT2D eigenvalue weighted by Crippen LogP contribution is 2.24. The lowest BCUT2D eigenvalue weighted by molar-refractivity contribution is 0.0520. The normalized spacial score (nSPS) is 14.5. The van der Waals surface area contributed by atoms with E-state index in [0.717, 1.165) is 12.2 Å². The van der Waals surface area contributed by atoms with Crippen molar-refractivity contribution in [1.82, 2.24) is 14.9 Å². The largest absolute Gasteiger partial charge is 0.466 e. The molecule has 8 nitrogen and oxygen atoms in total. The van der Waals surface area contributed by atoms with Gasteiger partial charge in [-0.3, -0.25) is 4.79 Å². The Balaban J connectivity index is 1.61. The summed E-state index contributed by atoms with van der Waals surface area (Å²) in [6.07, 6.45) is 0.748. The fourth-order valence-corrected chi connectivity index (χ4v) is 3.89. The standard InChI is InChI=1S/C23H26N4O4/c1-4-30-23(29)20-21(25-19-9-6-5-8-18(19)24-20)26-10-7-11-27(13-12-26)22(28)17-14-15(2)31-16(17)3/h5-6,8-9,14H,4,7,10-13H2,1-3H3. The van der Waals surface area contributed by atoms with Gasteiger partial charge in [0.05, 0.1) is 23.2 Å². The summed E-state index contributed by atoms with van der Waals surface area (Å²) < 4.78 is 10.8. The highest BCUT2D eigenvalue weighted by Gasteiger charge is 2.27. The Morgan fingerprint density at radius 2 is 1.81 bits per heavy atom. The van der Waals surface area contributed by atoms with Crippen LogP contribution in [0, 0.1) is 13.8 Å². The minimum atomic E-state index is -0.488. The van der Waals surface area contributed by atoms with Crippen molar-refractivity contribution in [2.24, 2.45) is 0 Å². The number of carbonyl (C=O) groups excluding carboxylic acids is 2. The number of benzene rings is 1. The molecule has 4 rings (SSSR count). The van der Waals surface area contributed by atoms with E-state index in [1.54, 1.807) is 19.9 Å². The van der Waals surface area contributed by atoms with Crippen LogP contribution in [0.1, 0.15) is 45.7 Å². The molecule has 1 aliphatic rings. The van der Waals surface area contributed by atoms with Gasteiger partial charge in [0, 0.05) is 26.2 Å². The highest BCUT2D eigenvalue weighted by atomic mass is 16.5. The van der Waals surface area contributed by atoms with Crippen LogP contribution in [0.2, 0.25) is 0 Å². The number of para-hydroxylation sites is 2. The molecule has 3 heterocycles. The molecule has 1 aliphatic heterocycles. The topological polar surface area (TPSA) is 88.8 Å². The number of carbonyl (C=O) groups is 2. The Bertz CT molecular complexity index is 1120. The van der Waals surface area contributed by atoms with Gasteiger partial charge in [-0.1, -0.05) is 12.1 Å². The number of hydrogen-bond donors (Lipinski definition) is 0. The molecule has 0 aliphatic carbocycles. The summed E-state index contributed by atoms with van der Waals surface area (Å²) in [4.78, 5) is 38.7. The van der Waals surface area contributed by atoms with Gasteiger partial charge in [-0.05, 0) is 45.4 Å². The van der Waals surface area contributed by atoms with Crippen LogP contribution in [-0.2, 0) is 4.74 Å². The number of anilines is 1. The van der Waals surface area contributed by atoms with Crippen LogP contribution >= 0.6 is 0 Å². The lowest BCUT2D eigenvalue weighted by atomic mass is 10.2. The molecule has 0 bridgehead atoms. The molecule has 1 amide bonds. The summed E-state index contributed by atoms with van der Waals surface area (Å²) in [6, 6.07) is 9.24. The number of fused-ring (bicyclic) bond motifs is 1. The third-order valence-electron chi connectivity index (χ3n) is 5.37. The van der Waals surface area contributed by atoms with Gasteiger partial charge in [0.2, 0.25) is 0 Å². The first-order chi connectivity index (χ1) is 15.0. The van der Waals surface area contributed by atoms with Gasteiger partial charge >= 0.3 is 5.97 Å². The summed E-state index contributed by atoms with van der Waals surface area (Å²) in [7, 11) is 0. The zero-order valence-electron chi connectivity index (χ0n) is 18.1. The minimum absolute atomic E-state index is 0.0357. The van der Waals surface area contributed by atoms with Gasteiger partial charge in [-0.15, -0.1) is 0 Å². The van der Waals surface area contributed by atoms with E-state index in [4.69, 9.17) is 14.1 Å². The van der Waals surface area contributed by atoms with Crippen LogP contribution < -0.4 is 4.90 Å². The smallest absolute Gasteiger partial charge is 0.360 e. The van der Waals surface area contributed by atoms with Crippen molar-refractivity contribution in [3.63, 3.8) is 0 Å². The molecular formula is C23H26N4O4. The molecule has 0 atom stereocenters. The Kier molecular flexibility index (Phi) is 5.88. The lowest BCUT2D eigenvalue weighted by Gasteiger charge is -2.24. The van der Waals surface area contributed by atoms with Gasteiger partial charge in [-0.2, -0.15) is 0 Å². The second-order valence-corrected chi connectivity index (χ2v) is 7.56. The van der Waals surface area contributed by atoms with E-state index in [1.807, 2.05) is 41.0 Å². The first kappa shape index (κ1) is 20.8. The minimum Gasteiger partial charge on any atom is -0.466 e. The summed E-state index contributed by atoms with van der Waals surface area (Å²) in [6.45, 7) is 8.01. The van der Waals surface area contributed by atoms with Crippen LogP contribution in [0.5, 0.6) is 0 Å². The maximum atomic E-state index is 13.0. The highest BCUT2D eigenvalue weighted by molar-refractivity contribution is 5.96. The Morgan fingerprint density at radius 1 is 1.06 bits per heavy atom. The number of hydrogen-bond acceptors (Lipinski definition) is 7. The van der Waals surface area contributed by atoms with E-state index in [-0.39, 0.29) is 18.2 Å². The van der Waals surface area contributed by atoms with Gasteiger partial charge < -0.3 is 19.0 Å². The van der Waals surface area contributed by atoms with Crippen molar-refractivity contribution >= 4 is 28.7 Å². The van der Waals surface area contributed by atoms with E-state index in [2.05, 4.69) is 4.98 Å². The zero-order chi connectivity index (χ0) is 22.0. The van der Waals surface area contributed by atoms with Crippen molar-refractivity contribution in [3.05, 3.63) is 53.1 Å². The molecule has 0 N–H and O–H groups in total. The Hall–Kier alpha value is -3.42. The number of nitrogens with zero attached hydrogens (tertiary/aromatic N) is 4. The predicted molar refractivity (Wildman–Crippen MR) is 116 cm³/mol. The van der Waals surface area contributed by atoms with Crippen molar-refractivity contribution in [1.29, 1.82) is 0 Å². The molecule has 31 heavy (non-hydrogen) atoms. The van der Waals surface area contributed by atoms with Gasteiger partial charge in [0.1, 0.15) is 11.5 Å². The number of rotatable bonds is 4. The quantitative estimate of drug-likeness (QED) is 0.596. The SMILES string of the molecule is CCOC(=O)c1nc2ccccc2nc1N1CCCN(C(=O)c2cc(C)oc2C)CC1. The molecule has 0 unspecified atom stereocenters. The van der Waals surface area contributed by atoms with Crippen molar-refractivity contribution in [3.8, 4) is 0 Å². The summed E-state index contributed by atoms with van der Waals surface area (Å²) in [5.41, 5.74) is 2.17. The third kappa shape index (κ3) is 4.23. The number of aromatic nitrogens is 2. The van der Waals surface area contributed by atoms with Gasteiger partial charge in [-0.25, -0.2) is 14.8 Å².